The van der Waals surface area contributed by atoms with Gasteiger partial charge in [-0.1, -0.05) is 38.7 Å². The molecule has 1 heteroatoms. The summed E-state index contributed by atoms with van der Waals surface area (Å²) >= 11 is 0. The van der Waals surface area contributed by atoms with Crippen LogP contribution >= 0.6 is 0 Å². The molecule has 0 fully saturated rings. The van der Waals surface area contributed by atoms with Gasteiger partial charge in [-0.2, -0.15) is 0 Å². The van der Waals surface area contributed by atoms with E-state index in [0.717, 1.165) is 18.6 Å². The molecule has 0 aromatic heterocycles. The van der Waals surface area contributed by atoms with E-state index < -0.39 is 0 Å². The Morgan fingerprint density at radius 2 is 2.17 bits per heavy atom. The van der Waals surface area contributed by atoms with Gasteiger partial charge >= 0.3 is 0 Å². The maximum Gasteiger partial charge on any atom is 0.142 e. The SMILES string of the molecule is CCCCC(C)C/C(C)=C/C=O. The number of aldehydes is 1. The first-order valence-electron chi connectivity index (χ1n) is 4.81. The highest BCUT2D eigenvalue weighted by Crippen LogP contribution is 2.16. The monoisotopic (exact) mass is 168 g/mol. The molecule has 1 unspecified atom stereocenters. The van der Waals surface area contributed by atoms with E-state index in [1.54, 1.807) is 6.08 Å². The number of carbonyl (C=O) groups excluding carboxylic acids is 1. The Morgan fingerprint density at radius 1 is 1.50 bits per heavy atom. The molecule has 0 aromatic carbocycles. The van der Waals surface area contributed by atoms with Gasteiger partial charge in [-0.25, -0.2) is 0 Å². The average molecular weight is 168 g/mol. The second kappa shape index (κ2) is 7.08. The molecule has 0 aliphatic carbocycles. The Hall–Kier alpha value is -0.590. The van der Waals surface area contributed by atoms with Crippen LogP contribution in [0.25, 0.3) is 0 Å². The highest BCUT2D eigenvalue weighted by atomic mass is 16.1. The standard InChI is InChI=1S/C11H20O/c1-4-5-6-10(2)9-11(3)7-8-12/h7-8,10H,4-6,9H2,1-3H3/b11-7+. The zero-order valence-electron chi connectivity index (χ0n) is 8.47. The van der Waals surface area contributed by atoms with Crippen molar-refractivity contribution >= 4 is 6.29 Å². The van der Waals surface area contributed by atoms with Crippen molar-refractivity contribution in [2.45, 2.75) is 46.5 Å². The molecule has 0 aliphatic rings. The second-order valence-electron chi connectivity index (χ2n) is 3.60. The number of carbonyl (C=O) groups is 1. The molecule has 0 bridgehead atoms. The summed E-state index contributed by atoms with van der Waals surface area (Å²) in [7, 11) is 0. The lowest BCUT2D eigenvalue weighted by Gasteiger charge is -2.09. The van der Waals surface area contributed by atoms with Crippen molar-refractivity contribution in [1.29, 1.82) is 0 Å². The molecule has 0 N–H and O–H groups in total. The smallest absolute Gasteiger partial charge is 0.142 e. The molecule has 0 aromatic rings. The minimum absolute atomic E-state index is 0.723. The molecule has 0 heterocycles. The van der Waals surface area contributed by atoms with E-state index in [0.29, 0.717) is 0 Å². The summed E-state index contributed by atoms with van der Waals surface area (Å²) in [6.07, 6.45) is 7.46. The molecule has 1 nitrogen and oxygen atoms in total. The van der Waals surface area contributed by atoms with E-state index in [4.69, 9.17) is 0 Å². The van der Waals surface area contributed by atoms with Crippen LogP contribution in [0, 0.1) is 5.92 Å². The highest BCUT2D eigenvalue weighted by Gasteiger charge is 2.01. The van der Waals surface area contributed by atoms with Gasteiger partial charge in [-0.05, 0) is 25.3 Å². The summed E-state index contributed by atoms with van der Waals surface area (Å²) in [6, 6.07) is 0. The summed E-state index contributed by atoms with van der Waals surface area (Å²) in [4.78, 5) is 10.1. The van der Waals surface area contributed by atoms with Crippen LogP contribution in [-0.2, 0) is 4.79 Å². The van der Waals surface area contributed by atoms with Crippen molar-refractivity contribution in [2.75, 3.05) is 0 Å². The number of allylic oxidation sites excluding steroid dienone is 2. The van der Waals surface area contributed by atoms with Crippen LogP contribution in [0.2, 0.25) is 0 Å². The molecule has 0 rings (SSSR count). The summed E-state index contributed by atoms with van der Waals surface area (Å²) in [5, 5.41) is 0. The normalized spacial score (nSPS) is 14.4. The van der Waals surface area contributed by atoms with Gasteiger partial charge in [0, 0.05) is 0 Å². The molecule has 1 atom stereocenters. The Labute approximate surface area is 75.9 Å². The van der Waals surface area contributed by atoms with Crippen LogP contribution in [0.4, 0.5) is 0 Å². The zero-order valence-corrected chi connectivity index (χ0v) is 8.47. The summed E-state index contributed by atoms with van der Waals surface area (Å²) in [5.74, 6) is 0.723. The first-order valence-corrected chi connectivity index (χ1v) is 4.81. The minimum Gasteiger partial charge on any atom is -0.299 e. The lowest BCUT2D eigenvalue weighted by Crippen LogP contribution is -1.95. The van der Waals surface area contributed by atoms with Crippen LogP contribution in [0.3, 0.4) is 0 Å². The third kappa shape index (κ3) is 6.14. The van der Waals surface area contributed by atoms with Crippen molar-refractivity contribution < 1.29 is 4.79 Å². The quantitative estimate of drug-likeness (QED) is 0.439. The van der Waals surface area contributed by atoms with Gasteiger partial charge < -0.3 is 0 Å². The maximum absolute atomic E-state index is 10.1. The molecule has 0 saturated carbocycles. The Balaban J connectivity index is 3.60. The Kier molecular flexibility index (Phi) is 6.73. The molecular formula is C11H20O. The van der Waals surface area contributed by atoms with E-state index in [1.807, 2.05) is 6.92 Å². The fourth-order valence-corrected chi connectivity index (χ4v) is 1.39. The van der Waals surface area contributed by atoms with E-state index >= 15 is 0 Å². The van der Waals surface area contributed by atoms with Crippen LogP contribution in [0.15, 0.2) is 11.6 Å². The third-order valence-electron chi connectivity index (χ3n) is 2.07. The molecule has 0 aliphatic heterocycles. The third-order valence-corrected chi connectivity index (χ3v) is 2.07. The van der Waals surface area contributed by atoms with Gasteiger partial charge in [0.05, 0.1) is 0 Å². The molecule has 0 amide bonds. The van der Waals surface area contributed by atoms with Crippen LogP contribution in [0.5, 0.6) is 0 Å². The largest absolute Gasteiger partial charge is 0.299 e. The van der Waals surface area contributed by atoms with Gasteiger partial charge in [-0.3, -0.25) is 4.79 Å². The molecule has 0 saturated heterocycles. The summed E-state index contributed by atoms with van der Waals surface area (Å²) in [6.45, 7) is 6.48. The summed E-state index contributed by atoms with van der Waals surface area (Å²) in [5.41, 5.74) is 1.20. The van der Waals surface area contributed by atoms with Gasteiger partial charge in [0.25, 0.3) is 0 Å². The molecule has 0 radical (unpaired) electrons. The maximum atomic E-state index is 10.1. The van der Waals surface area contributed by atoms with Crippen molar-refractivity contribution in [2.24, 2.45) is 5.92 Å². The number of rotatable bonds is 6. The molecular weight excluding hydrogens is 148 g/mol. The molecule has 12 heavy (non-hydrogen) atoms. The number of unbranched alkanes of at least 4 members (excludes halogenated alkanes) is 1. The van der Waals surface area contributed by atoms with Crippen LogP contribution < -0.4 is 0 Å². The Bertz CT molecular complexity index is 147. The Morgan fingerprint density at radius 3 is 2.67 bits per heavy atom. The van der Waals surface area contributed by atoms with E-state index in [2.05, 4.69) is 13.8 Å². The average Bonchev–Trinajstić information content (AvgIpc) is 2.01. The number of hydrogen-bond donors (Lipinski definition) is 0. The second-order valence-corrected chi connectivity index (χ2v) is 3.60. The lowest BCUT2D eigenvalue weighted by molar-refractivity contribution is -0.104. The first-order chi connectivity index (χ1) is 5.70. The highest BCUT2D eigenvalue weighted by molar-refractivity contribution is 5.65. The van der Waals surface area contributed by atoms with Crippen LogP contribution in [0.1, 0.15) is 46.5 Å². The van der Waals surface area contributed by atoms with Gasteiger partial charge in [0.2, 0.25) is 0 Å². The summed E-state index contributed by atoms with van der Waals surface area (Å²) < 4.78 is 0. The van der Waals surface area contributed by atoms with Crippen LogP contribution in [-0.4, -0.2) is 6.29 Å². The van der Waals surface area contributed by atoms with Crippen molar-refractivity contribution in [3.05, 3.63) is 11.6 Å². The van der Waals surface area contributed by atoms with Gasteiger partial charge in [-0.15, -0.1) is 0 Å². The predicted octanol–water partition coefficient (Wildman–Crippen LogP) is 3.35. The van der Waals surface area contributed by atoms with E-state index in [9.17, 15) is 4.79 Å². The number of hydrogen-bond acceptors (Lipinski definition) is 1. The van der Waals surface area contributed by atoms with Crippen molar-refractivity contribution in [1.82, 2.24) is 0 Å². The fraction of sp³-hybridized carbons (Fsp3) is 0.727. The van der Waals surface area contributed by atoms with Gasteiger partial charge in [0.1, 0.15) is 6.29 Å². The fourth-order valence-electron chi connectivity index (χ4n) is 1.39. The molecule has 70 valence electrons. The van der Waals surface area contributed by atoms with E-state index in [-0.39, 0.29) is 0 Å². The predicted molar refractivity (Wildman–Crippen MR) is 53.1 cm³/mol. The topological polar surface area (TPSA) is 17.1 Å². The minimum atomic E-state index is 0.723. The van der Waals surface area contributed by atoms with Crippen molar-refractivity contribution in [3.8, 4) is 0 Å². The first kappa shape index (κ1) is 11.4. The van der Waals surface area contributed by atoms with E-state index in [1.165, 1.54) is 24.8 Å². The lowest BCUT2D eigenvalue weighted by atomic mass is 9.97. The van der Waals surface area contributed by atoms with Gasteiger partial charge in [0.15, 0.2) is 0 Å². The zero-order chi connectivity index (χ0) is 9.40. The van der Waals surface area contributed by atoms with Crippen molar-refractivity contribution in [3.63, 3.8) is 0 Å². The molecule has 0 spiro atoms.